The van der Waals surface area contributed by atoms with E-state index in [1.54, 1.807) is 14.0 Å². The molecule has 4 heterocycles. The Morgan fingerprint density at radius 3 is 2.57 bits per heavy atom. The molecule has 49 heavy (non-hydrogen) atoms. The molecule has 1 fully saturated rings. The van der Waals surface area contributed by atoms with Crippen LogP contribution in [0.3, 0.4) is 0 Å². The maximum atomic E-state index is 13.2. The van der Waals surface area contributed by atoms with Gasteiger partial charge in [0.15, 0.2) is 11.5 Å². The molecule has 1 N–H and O–H groups in total. The summed E-state index contributed by atoms with van der Waals surface area (Å²) >= 11 is 0. The first-order valence-electron chi connectivity index (χ1n) is 16.1. The third kappa shape index (κ3) is 5.18. The number of aryl methyl sites for hydroxylation is 1. The van der Waals surface area contributed by atoms with Gasteiger partial charge in [-0.15, -0.1) is 0 Å². The first-order valence-corrected chi connectivity index (χ1v) is 16.1. The average molecular weight is 676 g/mol. The maximum absolute atomic E-state index is 13.2. The van der Waals surface area contributed by atoms with Crippen LogP contribution in [0.25, 0.3) is 6.08 Å². The highest BCUT2D eigenvalue weighted by Gasteiger charge is 2.56. The second-order valence-electron chi connectivity index (χ2n) is 13.1. The Morgan fingerprint density at radius 2 is 1.86 bits per heavy atom. The van der Waals surface area contributed by atoms with E-state index < -0.39 is 29.8 Å². The predicted octanol–water partition coefficient (Wildman–Crippen LogP) is 6.10. The number of benzene rings is 3. The minimum absolute atomic E-state index is 0.0525. The van der Waals surface area contributed by atoms with Crippen molar-refractivity contribution in [2.75, 3.05) is 27.6 Å². The van der Waals surface area contributed by atoms with Crippen molar-refractivity contribution in [3.05, 3.63) is 86.5 Å². The van der Waals surface area contributed by atoms with Crippen molar-refractivity contribution < 1.29 is 42.0 Å². The van der Waals surface area contributed by atoms with Gasteiger partial charge in [0.05, 0.1) is 30.8 Å². The van der Waals surface area contributed by atoms with Gasteiger partial charge in [0.25, 0.3) is 0 Å². The third-order valence-corrected chi connectivity index (χ3v) is 10.6. The van der Waals surface area contributed by atoms with E-state index in [4.69, 9.17) is 18.9 Å². The standard InChI is InChI=1S/C37H36F3N3O6/c1-18-11-22-13-25-27(15-41)43-26(32(42(25)4)30(22)19(2)34(18)46-5)14-24-31(36-35(48-17-49-36)20(3)33(24)45)28(43)16-47-29(44)10-9-21-7-6-8-23(12-21)37(38,39)40/h6-12,25-28,32,45H,13-14,16-17H2,1-5H3/b10-9+/t25-,26?,27-,28-,32-/m0/s1. The van der Waals surface area contributed by atoms with Crippen molar-refractivity contribution in [3.8, 4) is 29.1 Å². The van der Waals surface area contributed by atoms with Crippen molar-refractivity contribution in [2.45, 2.75) is 70.0 Å². The number of piperazine rings is 1. The minimum Gasteiger partial charge on any atom is -0.507 e. The summed E-state index contributed by atoms with van der Waals surface area (Å²) in [5, 5.41) is 22.4. The van der Waals surface area contributed by atoms with Crippen molar-refractivity contribution in [1.29, 1.82) is 5.26 Å². The molecule has 7 rings (SSSR count). The molecule has 9 nitrogen and oxygen atoms in total. The molecule has 4 aliphatic heterocycles. The highest BCUT2D eigenvalue weighted by molar-refractivity contribution is 5.87. The number of nitrogens with zero attached hydrogens (tertiary/aromatic N) is 3. The summed E-state index contributed by atoms with van der Waals surface area (Å²) in [5.41, 5.74) is 5.44. The van der Waals surface area contributed by atoms with Crippen molar-refractivity contribution in [1.82, 2.24) is 9.80 Å². The molecule has 256 valence electrons. The van der Waals surface area contributed by atoms with Crippen LogP contribution in [-0.4, -0.2) is 66.6 Å². The molecule has 1 saturated heterocycles. The molecule has 0 saturated carbocycles. The summed E-state index contributed by atoms with van der Waals surface area (Å²) in [4.78, 5) is 17.5. The smallest absolute Gasteiger partial charge is 0.416 e. The Labute approximate surface area is 282 Å². The number of hydrogen-bond donors (Lipinski definition) is 1. The average Bonchev–Trinajstić information content (AvgIpc) is 3.55. The molecule has 2 bridgehead atoms. The fourth-order valence-electron chi connectivity index (χ4n) is 8.53. The molecule has 5 atom stereocenters. The first kappa shape index (κ1) is 32.8. The van der Waals surface area contributed by atoms with E-state index >= 15 is 0 Å². The summed E-state index contributed by atoms with van der Waals surface area (Å²) in [6.45, 7) is 5.56. The number of ether oxygens (including phenoxy) is 4. The second-order valence-corrected chi connectivity index (χ2v) is 13.1. The van der Waals surface area contributed by atoms with Crippen LogP contribution >= 0.6 is 0 Å². The zero-order chi connectivity index (χ0) is 34.9. The number of halogens is 3. The van der Waals surface area contributed by atoms with Gasteiger partial charge in [-0.05, 0) is 86.7 Å². The van der Waals surface area contributed by atoms with E-state index in [2.05, 4.69) is 21.9 Å². The predicted molar refractivity (Wildman–Crippen MR) is 172 cm³/mol. The number of alkyl halides is 3. The Kier molecular flexibility index (Phi) is 8.03. The zero-order valence-corrected chi connectivity index (χ0v) is 27.7. The lowest BCUT2D eigenvalue weighted by Crippen LogP contribution is -2.68. The van der Waals surface area contributed by atoms with Crippen LogP contribution < -0.4 is 14.2 Å². The van der Waals surface area contributed by atoms with Crippen LogP contribution in [0.5, 0.6) is 23.0 Å². The Hall–Kier alpha value is -4.73. The van der Waals surface area contributed by atoms with Gasteiger partial charge in [-0.3, -0.25) is 9.80 Å². The number of hydrogen-bond acceptors (Lipinski definition) is 9. The van der Waals surface area contributed by atoms with Crippen molar-refractivity contribution >= 4 is 12.0 Å². The van der Waals surface area contributed by atoms with Gasteiger partial charge in [0.2, 0.25) is 6.79 Å². The van der Waals surface area contributed by atoms with Crippen LogP contribution in [0.2, 0.25) is 0 Å². The lowest BCUT2D eigenvalue weighted by molar-refractivity contribution is -0.143. The molecule has 4 aliphatic rings. The SMILES string of the molecule is COc1c(C)cc2c(c1C)[C@@H]1C3Cc4c(O)c(C)c5c(c4[C@H](COC(=O)/C=C/c4cccc(C(F)(F)F)c4)N3[C@@H](C#N)[C@H](C2)N1C)OCO5. The monoisotopic (exact) mass is 675 g/mol. The largest absolute Gasteiger partial charge is 0.507 e. The van der Waals surface area contributed by atoms with Gasteiger partial charge in [-0.1, -0.05) is 18.2 Å². The molecule has 0 aromatic heterocycles. The van der Waals surface area contributed by atoms with E-state index in [0.29, 0.717) is 41.0 Å². The van der Waals surface area contributed by atoms with Gasteiger partial charge < -0.3 is 24.1 Å². The number of fused-ring (bicyclic) bond motifs is 9. The van der Waals surface area contributed by atoms with Gasteiger partial charge in [0, 0.05) is 34.9 Å². The highest BCUT2D eigenvalue weighted by atomic mass is 19.4. The number of carbonyl (C=O) groups excluding carboxylic acids is 1. The lowest BCUT2D eigenvalue weighted by atomic mass is 9.71. The first-order chi connectivity index (χ1) is 23.3. The number of phenolic OH excluding ortho intramolecular Hbond substituents is 1. The van der Waals surface area contributed by atoms with E-state index in [1.165, 1.54) is 18.2 Å². The Bertz CT molecular complexity index is 1940. The van der Waals surface area contributed by atoms with E-state index in [9.17, 15) is 28.3 Å². The summed E-state index contributed by atoms with van der Waals surface area (Å²) in [6.07, 6.45) is -1.17. The molecule has 0 spiro atoms. The normalized spacial score (nSPS) is 24.2. The molecule has 0 amide bonds. The number of nitriles is 1. The van der Waals surface area contributed by atoms with E-state index in [1.807, 2.05) is 20.9 Å². The molecule has 12 heteroatoms. The molecule has 3 aromatic carbocycles. The fraction of sp³-hybridized carbons (Fsp3) is 0.405. The number of aromatic hydroxyl groups is 1. The van der Waals surface area contributed by atoms with Crippen LogP contribution in [0.1, 0.15) is 62.2 Å². The van der Waals surface area contributed by atoms with Crippen LogP contribution in [0.4, 0.5) is 13.2 Å². The molecule has 1 unspecified atom stereocenters. The number of carbonyl (C=O) groups is 1. The van der Waals surface area contributed by atoms with Gasteiger partial charge >= 0.3 is 12.1 Å². The number of phenols is 1. The fourth-order valence-corrected chi connectivity index (χ4v) is 8.53. The number of methoxy groups -OCH3 is 1. The van der Waals surface area contributed by atoms with E-state index in [0.717, 1.165) is 46.2 Å². The van der Waals surface area contributed by atoms with Gasteiger partial charge in [0.1, 0.15) is 24.1 Å². The van der Waals surface area contributed by atoms with Crippen LogP contribution in [-0.2, 0) is 28.5 Å². The molecule has 0 aliphatic carbocycles. The molecular weight excluding hydrogens is 639 g/mol. The topological polar surface area (TPSA) is 104 Å². The zero-order valence-electron chi connectivity index (χ0n) is 27.7. The highest BCUT2D eigenvalue weighted by Crippen LogP contribution is 2.57. The Morgan fingerprint density at radius 1 is 1.10 bits per heavy atom. The number of rotatable bonds is 5. The number of likely N-dealkylation sites (N-methyl/N-ethyl adjacent to an activating group) is 1. The lowest BCUT2D eigenvalue weighted by Gasteiger charge is -2.60. The third-order valence-electron chi connectivity index (χ3n) is 10.6. The molecule has 0 radical (unpaired) electrons. The van der Waals surface area contributed by atoms with Crippen LogP contribution in [0, 0.1) is 32.1 Å². The summed E-state index contributed by atoms with van der Waals surface area (Å²) in [7, 11) is 3.68. The quantitative estimate of drug-likeness (QED) is 0.254. The number of esters is 1. The summed E-state index contributed by atoms with van der Waals surface area (Å²) in [6, 6.07) is 7.30. The maximum Gasteiger partial charge on any atom is 0.416 e. The van der Waals surface area contributed by atoms with Crippen LogP contribution in [0.15, 0.2) is 36.4 Å². The van der Waals surface area contributed by atoms with Crippen molar-refractivity contribution in [3.63, 3.8) is 0 Å². The second kappa shape index (κ2) is 12.0. The summed E-state index contributed by atoms with van der Waals surface area (Å²) in [5.74, 6) is 0.942. The minimum atomic E-state index is -4.52. The molecule has 3 aromatic rings. The Balaban J connectivity index is 1.31. The van der Waals surface area contributed by atoms with Crippen molar-refractivity contribution in [2.24, 2.45) is 0 Å². The summed E-state index contributed by atoms with van der Waals surface area (Å²) < 4.78 is 63.1. The molecular formula is C37H36F3N3O6. The van der Waals surface area contributed by atoms with E-state index in [-0.39, 0.29) is 42.8 Å². The van der Waals surface area contributed by atoms with Gasteiger partial charge in [-0.25, -0.2) is 4.79 Å². The van der Waals surface area contributed by atoms with Gasteiger partial charge in [-0.2, -0.15) is 18.4 Å².